The predicted molar refractivity (Wildman–Crippen MR) is 61.2 cm³/mol. The molecule has 1 unspecified atom stereocenters. The average molecular weight is 249 g/mol. The second-order valence-electron chi connectivity index (χ2n) is 4.42. The molecule has 6 heteroatoms. The van der Waals surface area contributed by atoms with Crippen LogP contribution in [0, 0.1) is 5.92 Å². The fourth-order valence-electron chi connectivity index (χ4n) is 2.11. The molecule has 0 bridgehead atoms. The van der Waals surface area contributed by atoms with Crippen LogP contribution in [0.5, 0.6) is 0 Å². The average Bonchev–Trinajstić information content (AvgIpc) is 2.65. The molecule has 1 aliphatic heterocycles. The second kappa shape index (κ2) is 4.41. The molecule has 2 rings (SSSR count). The molecule has 92 valence electrons. The smallest absolute Gasteiger partial charge is 0.290 e. The Kier molecular flexibility index (Phi) is 3.30. The summed E-state index contributed by atoms with van der Waals surface area (Å²) in [5, 5.41) is 0. The van der Waals surface area contributed by atoms with Crippen molar-refractivity contribution in [3.8, 4) is 0 Å². The molecule has 0 aromatic rings. The number of hydrogen-bond acceptors (Lipinski definition) is 4. The second-order valence-corrected chi connectivity index (χ2v) is 5.15. The van der Waals surface area contributed by atoms with E-state index in [1.54, 1.807) is 4.41 Å². The molecule has 2 N–H and O–H groups in total. The SMILES string of the molecule is CSN1NNC2=C1CCC(C)CCC2(F)F. The zero-order valence-electron chi connectivity index (χ0n) is 9.52. The maximum atomic E-state index is 13.9. The summed E-state index contributed by atoms with van der Waals surface area (Å²) in [4.78, 5) is 0. The van der Waals surface area contributed by atoms with E-state index < -0.39 is 5.92 Å². The van der Waals surface area contributed by atoms with Crippen LogP contribution in [0.2, 0.25) is 0 Å². The number of allylic oxidation sites excluding steroid dienone is 2. The van der Waals surface area contributed by atoms with Gasteiger partial charge in [-0.05, 0) is 37.1 Å². The normalized spacial score (nSPS) is 29.5. The summed E-state index contributed by atoms with van der Waals surface area (Å²) in [7, 11) is 0. The van der Waals surface area contributed by atoms with E-state index in [9.17, 15) is 8.78 Å². The Bertz CT molecular complexity index is 306. The molecule has 1 heterocycles. The quantitative estimate of drug-likeness (QED) is 0.699. The molecule has 0 aromatic carbocycles. The van der Waals surface area contributed by atoms with Crippen molar-refractivity contribution < 1.29 is 8.78 Å². The number of alkyl halides is 2. The third-order valence-electron chi connectivity index (χ3n) is 3.19. The Morgan fingerprint density at radius 2 is 2.19 bits per heavy atom. The van der Waals surface area contributed by atoms with E-state index in [2.05, 4.69) is 11.0 Å². The molecule has 2 aliphatic rings. The lowest BCUT2D eigenvalue weighted by atomic mass is 9.91. The first-order valence-electron chi connectivity index (χ1n) is 5.52. The first kappa shape index (κ1) is 12.0. The van der Waals surface area contributed by atoms with Crippen molar-refractivity contribution in [3.63, 3.8) is 0 Å². The first-order valence-corrected chi connectivity index (χ1v) is 6.70. The van der Waals surface area contributed by atoms with Crippen molar-refractivity contribution in [1.29, 1.82) is 0 Å². The fraction of sp³-hybridized carbons (Fsp3) is 0.800. The number of hydrogen-bond donors (Lipinski definition) is 2. The summed E-state index contributed by atoms with van der Waals surface area (Å²) in [6, 6.07) is 0. The monoisotopic (exact) mass is 249 g/mol. The molecule has 16 heavy (non-hydrogen) atoms. The van der Waals surface area contributed by atoms with Gasteiger partial charge >= 0.3 is 0 Å². The predicted octanol–water partition coefficient (Wildman–Crippen LogP) is 2.65. The van der Waals surface area contributed by atoms with Crippen molar-refractivity contribution in [2.45, 2.75) is 38.5 Å². The maximum Gasteiger partial charge on any atom is 0.290 e. The summed E-state index contributed by atoms with van der Waals surface area (Å²) >= 11 is 1.40. The van der Waals surface area contributed by atoms with Crippen LogP contribution in [-0.2, 0) is 0 Å². The highest BCUT2D eigenvalue weighted by molar-refractivity contribution is 7.96. The molecule has 0 aromatic heterocycles. The topological polar surface area (TPSA) is 27.3 Å². The number of hydrazine groups is 2. The van der Waals surface area contributed by atoms with E-state index in [1.807, 2.05) is 13.2 Å². The van der Waals surface area contributed by atoms with Crippen molar-refractivity contribution in [3.05, 3.63) is 11.4 Å². The van der Waals surface area contributed by atoms with E-state index in [4.69, 9.17) is 0 Å². The Morgan fingerprint density at radius 3 is 2.88 bits per heavy atom. The van der Waals surface area contributed by atoms with Gasteiger partial charge in [0.15, 0.2) is 0 Å². The van der Waals surface area contributed by atoms with Gasteiger partial charge in [0.2, 0.25) is 0 Å². The van der Waals surface area contributed by atoms with Gasteiger partial charge in [0.05, 0.1) is 5.70 Å². The number of rotatable bonds is 1. The molecular formula is C10H17F2N3S. The number of nitrogens with zero attached hydrogens (tertiary/aromatic N) is 1. The zero-order chi connectivity index (χ0) is 11.8. The zero-order valence-corrected chi connectivity index (χ0v) is 10.3. The maximum absolute atomic E-state index is 13.9. The summed E-state index contributed by atoms with van der Waals surface area (Å²) < 4.78 is 29.5. The van der Waals surface area contributed by atoms with Gasteiger partial charge in [0.1, 0.15) is 5.70 Å². The highest BCUT2D eigenvalue weighted by atomic mass is 32.2. The molecule has 3 nitrogen and oxygen atoms in total. The van der Waals surface area contributed by atoms with E-state index >= 15 is 0 Å². The van der Waals surface area contributed by atoms with E-state index in [-0.39, 0.29) is 12.1 Å². The molecule has 1 atom stereocenters. The first-order chi connectivity index (χ1) is 7.54. The Balaban J connectivity index is 2.28. The standard InChI is InChI=1S/C10H17F2N3S/c1-7-3-4-8-9(10(11,12)6-5-7)13-14-15(8)16-2/h7,13-14H,3-6H2,1-2H3. The van der Waals surface area contributed by atoms with Crippen LogP contribution in [0.1, 0.15) is 32.6 Å². The van der Waals surface area contributed by atoms with Gasteiger partial charge in [0.25, 0.3) is 5.92 Å². The van der Waals surface area contributed by atoms with E-state index in [0.717, 1.165) is 6.42 Å². The van der Waals surface area contributed by atoms with Crippen molar-refractivity contribution in [2.75, 3.05) is 6.26 Å². The Hall–Kier alpha value is -0.490. The minimum absolute atomic E-state index is 0.0637. The molecule has 0 radical (unpaired) electrons. The van der Waals surface area contributed by atoms with Gasteiger partial charge in [-0.25, -0.2) is 4.41 Å². The third kappa shape index (κ3) is 2.13. The molecule has 0 amide bonds. The van der Waals surface area contributed by atoms with Gasteiger partial charge in [-0.2, -0.15) is 8.78 Å². The van der Waals surface area contributed by atoms with Crippen LogP contribution in [0.15, 0.2) is 11.4 Å². The van der Waals surface area contributed by atoms with E-state index in [1.165, 1.54) is 11.9 Å². The highest BCUT2D eigenvalue weighted by Crippen LogP contribution is 2.39. The summed E-state index contributed by atoms with van der Waals surface area (Å²) in [6.45, 7) is 2.04. The summed E-state index contributed by atoms with van der Waals surface area (Å²) in [5.74, 6) is -2.37. The number of nitrogens with one attached hydrogen (secondary N) is 2. The highest BCUT2D eigenvalue weighted by Gasteiger charge is 2.42. The minimum Gasteiger partial charge on any atom is -0.300 e. The van der Waals surface area contributed by atoms with Gasteiger partial charge in [0, 0.05) is 12.7 Å². The molecular weight excluding hydrogens is 232 g/mol. The van der Waals surface area contributed by atoms with Crippen LogP contribution in [0.4, 0.5) is 8.78 Å². The lowest BCUT2D eigenvalue weighted by Crippen LogP contribution is -2.36. The minimum atomic E-state index is -2.73. The van der Waals surface area contributed by atoms with E-state index in [0.29, 0.717) is 24.5 Å². The van der Waals surface area contributed by atoms with Crippen LogP contribution in [0.3, 0.4) is 0 Å². The lowest BCUT2D eigenvalue weighted by Gasteiger charge is -2.24. The van der Waals surface area contributed by atoms with Crippen LogP contribution < -0.4 is 11.0 Å². The molecule has 0 spiro atoms. The molecule has 0 saturated heterocycles. The van der Waals surface area contributed by atoms with Crippen LogP contribution in [0.25, 0.3) is 0 Å². The van der Waals surface area contributed by atoms with Crippen molar-refractivity contribution >= 4 is 11.9 Å². The lowest BCUT2D eigenvalue weighted by molar-refractivity contribution is 0.0165. The number of halogens is 2. The third-order valence-corrected chi connectivity index (χ3v) is 3.87. The molecule has 1 aliphatic carbocycles. The summed E-state index contributed by atoms with van der Waals surface area (Å²) in [5.41, 5.74) is 6.15. The van der Waals surface area contributed by atoms with Gasteiger partial charge in [-0.3, -0.25) is 5.43 Å². The molecule has 0 fully saturated rings. The fourth-order valence-corrected chi connectivity index (χ4v) is 2.65. The van der Waals surface area contributed by atoms with Crippen molar-refractivity contribution in [1.82, 2.24) is 15.4 Å². The Labute approximate surface area is 98.7 Å². The van der Waals surface area contributed by atoms with Gasteiger partial charge in [-0.15, -0.1) is 5.53 Å². The van der Waals surface area contributed by atoms with Gasteiger partial charge < -0.3 is 0 Å². The molecule has 0 saturated carbocycles. The Morgan fingerprint density at radius 1 is 1.44 bits per heavy atom. The van der Waals surface area contributed by atoms with Gasteiger partial charge in [-0.1, -0.05) is 6.92 Å². The van der Waals surface area contributed by atoms with Crippen LogP contribution in [-0.4, -0.2) is 16.6 Å². The van der Waals surface area contributed by atoms with Crippen molar-refractivity contribution in [2.24, 2.45) is 5.92 Å². The van der Waals surface area contributed by atoms with Crippen LogP contribution >= 0.6 is 11.9 Å². The largest absolute Gasteiger partial charge is 0.300 e. The summed E-state index contributed by atoms with van der Waals surface area (Å²) in [6.07, 6.45) is 4.06.